The summed E-state index contributed by atoms with van der Waals surface area (Å²) in [6, 6.07) is 9.49. The fraction of sp³-hybridized carbons (Fsp3) is 0.296. The van der Waals surface area contributed by atoms with Crippen molar-refractivity contribution in [3.8, 4) is 22.5 Å². The van der Waals surface area contributed by atoms with Crippen LogP contribution in [-0.2, 0) is 9.84 Å². The molecule has 14 heteroatoms. The molecule has 2 fully saturated rings. The minimum Gasteiger partial charge on any atom is -0.382 e. The molecule has 2 aliphatic rings. The molecule has 0 saturated carbocycles. The van der Waals surface area contributed by atoms with Gasteiger partial charge in [0.05, 0.1) is 11.9 Å². The Morgan fingerprint density at radius 2 is 1.71 bits per heavy atom. The third kappa shape index (κ3) is 4.22. The molecule has 208 valence electrons. The zero-order valence-electron chi connectivity index (χ0n) is 22.0. The van der Waals surface area contributed by atoms with Crippen molar-refractivity contribution < 1.29 is 13.2 Å². The number of nitrogens with one attached hydrogen (secondary N) is 1. The lowest BCUT2D eigenvalue weighted by molar-refractivity contribution is 0.0556. The predicted octanol–water partition coefficient (Wildman–Crippen LogP) is 2.51. The largest absolute Gasteiger partial charge is 0.382 e. The Morgan fingerprint density at radius 1 is 1.00 bits per heavy atom. The number of anilines is 1. The average molecular weight is 571 g/mol. The van der Waals surface area contributed by atoms with Crippen LogP contribution in [0.4, 0.5) is 5.82 Å². The molecule has 2 bridgehead atoms. The van der Waals surface area contributed by atoms with E-state index in [1.54, 1.807) is 18.6 Å². The Hall–Kier alpha value is -4.72. The fourth-order valence-corrected chi connectivity index (χ4v) is 7.30. The SMILES string of the molecule is CS(=O)(=O)c1c(C2C[C@H]3CC[C@@H](C2)N3C(=O)c2ncn[nH]2)nc2c(-c3cnc(-c4ccccc4)nc3)cnn2c1N. The number of benzene rings is 1. The molecule has 2 aliphatic heterocycles. The number of nitrogens with two attached hydrogens (primary N) is 1. The van der Waals surface area contributed by atoms with E-state index in [1.165, 1.54) is 10.8 Å². The molecule has 5 aromatic rings. The molecule has 1 aromatic carbocycles. The molecule has 3 atom stereocenters. The van der Waals surface area contributed by atoms with Gasteiger partial charge >= 0.3 is 0 Å². The van der Waals surface area contributed by atoms with Gasteiger partial charge in [-0.15, -0.1) is 0 Å². The summed E-state index contributed by atoms with van der Waals surface area (Å²) in [5.74, 6) is 0.374. The highest BCUT2D eigenvalue weighted by molar-refractivity contribution is 7.91. The maximum atomic E-state index is 13.1. The van der Waals surface area contributed by atoms with E-state index in [0.29, 0.717) is 41.1 Å². The quantitative estimate of drug-likeness (QED) is 0.319. The molecular weight excluding hydrogens is 544 g/mol. The van der Waals surface area contributed by atoms with Gasteiger partial charge in [-0.3, -0.25) is 9.89 Å². The number of nitrogen functional groups attached to an aromatic ring is 1. The lowest BCUT2D eigenvalue weighted by Crippen LogP contribution is -2.46. The lowest BCUT2D eigenvalue weighted by atomic mass is 9.87. The van der Waals surface area contributed by atoms with Crippen molar-refractivity contribution in [3.63, 3.8) is 0 Å². The number of sulfone groups is 1. The molecule has 0 aliphatic carbocycles. The second-order valence-electron chi connectivity index (χ2n) is 10.5. The van der Waals surface area contributed by atoms with Gasteiger partial charge < -0.3 is 10.6 Å². The first-order valence-corrected chi connectivity index (χ1v) is 15.1. The maximum absolute atomic E-state index is 13.1. The Morgan fingerprint density at radius 3 is 2.34 bits per heavy atom. The Kier molecular flexibility index (Phi) is 5.81. The molecule has 41 heavy (non-hydrogen) atoms. The summed E-state index contributed by atoms with van der Waals surface area (Å²) in [5.41, 5.74) is 9.53. The molecule has 7 rings (SSSR count). The first-order valence-electron chi connectivity index (χ1n) is 13.2. The second kappa shape index (κ2) is 9.44. The van der Waals surface area contributed by atoms with Crippen molar-refractivity contribution in [1.82, 2.24) is 44.6 Å². The third-order valence-corrected chi connectivity index (χ3v) is 9.16. The van der Waals surface area contributed by atoms with Crippen LogP contribution >= 0.6 is 0 Å². The van der Waals surface area contributed by atoms with E-state index in [2.05, 4.69) is 30.2 Å². The van der Waals surface area contributed by atoms with Crippen molar-refractivity contribution in [2.45, 2.75) is 48.6 Å². The van der Waals surface area contributed by atoms with E-state index in [9.17, 15) is 13.2 Å². The molecule has 0 radical (unpaired) electrons. The predicted molar refractivity (Wildman–Crippen MR) is 148 cm³/mol. The van der Waals surface area contributed by atoms with Gasteiger partial charge in [-0.25, -0.2) is 28.4 Å². The molecule has 13 nitrogen and oxygen atoms in total. The summed E-state index contributed by atoms with van der Waals surface area (Å²) >= 11 is 0. The number of carbonyl (C=O) groups excluding carboxylic acids is 1. The summed E-state index contributed by atoms with van der Waals surface area (Å²) in [7, 11) is -3.75. The third-order valence-electron chi connectivity index (χ3n) is 8.00. The minimum absolute atomic E-state index is 0.00749. The number of amides is 1. The number of aromatic nitrogens is 8. The highest BCUT2D eigenvalue weighted by atomic mass is 32.2. The van der Waals surface area contributed by atoms with E-state index in [1.807, 2.05) is 35.2 Å². The van der Waals surface area contributed by atoms with Gasteiger partial charge in [0.1, 0.15) is 17.0 Å². The van der Waals surface area contributed by atoms with Crippen molar-refractivity contribution >= 4 is 27.2 Å². The van der Waals surface area contributed by atoms with Crippen molar-refractivity contribution in [3.05, 3.63) is 66.8 Å². The summed E-state index contributed by atoms with van der Waals surface area (Å²) < 4.78 is 27.5. The van der Waals surface area contributed by atoms with Crippen LogP contribution in [0.25, 0.3) is 28.2 Å². The van der Waals surface area contributed by atoms with Crippen molar-refractivity contribution in [1.29, 1.82) is 0 Å². The van der Waals surface area contributed by atoms with Gasteiger partial charge in [0.25, 0.3) is 5.91 Å². The number of aromatic amines is 1. The van der Waals surface area contributed by atoms with E-state index in [0.717, 1.165) is 24.7 Å². The molecule has 6 heterocycles. The van der Waals surface area contributed by atoms with Crippen LogP contribution in [-0.4, -0.2) is 77.3 Å². The minimum atomic E-state index is -3.75. The van der Waals surface area contributed by atoms with Gasteiger partial charge in [0.15, 0.2) is 21.3 Å². The molecule has 1 amide bonds. The molecule has 1 unspecified atom stereocenters. The topological polar surface area (TPSA) is 178 Å². The highest BCUT2D eigenvalue weighted by Crippen LogP contribution is 2.45. The van der Waals surface area contributed by atoms with Gasteiger partial charge in [-0.05, 0) is 25.7 Å². The van der Waals surface area contributed by atoms with E-state index >= 15 is 0 Å². The zero-order valence-corrected chi connectivity index (χ0v) is 22.9. The van der Waals surface area contributed by atoms with Crippen LogP contribution < -0.4 is 5.73 Å². The smallest absolute Gasteiger partial charge is 0.291 e. The van der Waals surface area contributed by atoms with Crippen LogP contribution in [0.3, 0.4) is 0 Å². The van der Waals surface area contributed by atoms with Crippen LogP contribution in [0.5, 0.6) is 0 Å². The summed E-state index contributed by atoms with van der Waals surface area (Å²) in [6.07, 6.45) is 10.2. The zero-order chi connectivity index (χ0) is 28.3. The van der Waals surface area contributed by atoms with Gasteiger partial charge in [0, 0.05) is 53.3 Å². The van der Waals surface area contributed by atoms with Gasteiger partial charge in [0.2, 0.25) is 5.82 Å². The number of rotatable bonds is 5. The first kappa shape index (κ1) is 25.3. The van der Waals surface area contributed by atoms with E-state index in [4.69, 9.17) is 10.7 Å². The van der Waals surface area contributed by atoms with Crippen LogP contribution in [0.2, 0.25) is 0 Å². The van der Waals surface area contributed by atoms with E-state index in [-0.39, 0.29) is 40.4 Å². The number of H-pyrrole nitrogens is 1. The van der Waals surface area contributed by atoms with Crippen LogP contribution in [0.15, 0.2) is 60.1 Å². The summed E-state index contributed by atoms with van der Waals surface area (Å²) in [5, 5.41) is 10.8. The standard InChI is InChI=1S/C27H26N10O3S/c1-41(39,40)22-21(16-9-18-7-8-19(10-16)36(18)27(38)25-31-14-32-35-25)34-26-20(13-33-37(26)23(22)28)17-11-29-24(30-12-17)15-5-3-2-4-6-15/h2-6,11-14,16,18-19H,7-10,28H2,1H3,(H,31,32,35)/t16?,18-,19+. The number of hydrogen-bond donors (Lipinski definition) is 2. The van der Waals surface area contributed by atoms with Crippen molar-refractivity contribution in [2.24, 2.45) is 0 Å². The average Bonchev–Trinajstić information content (AvgIpc) is 3.71. The lowest BCUT2D eigenvalue weighted by Gasteiger charge is -2.38. The van der Waals surface area contributed by atoms with Crippen LogP contribution in [0, 0.1) is 0 Å². The first-order chi connectivity index (χ1) is 19.8. The fourth-order valence-electron chi connectivity index (χ4n) is 6.24. The summed E-state index contributed by atoms with van der Waals surface area (Å²) in [6.45, 7) is 0. The Labute approximate surface area is 234 Å². The Balaban J connectivity index is 1.29. The molecular formula is C27H26N10O3S. The second-order valence-corrected chi connectivity index (χ2v) is 12.5. The number of fused-ring (bicyclic) bond motifs is 3. The summed E-state index contributed by atoms with van der Waals surface area (Å²) in [4.78, 5) is 33.0. The van der Waals surface area contributed by atoms with E-state index < -0.39 is 9.84 Å². The number of nitrogens with zero attached hydrogens (tertiary/aromatic N) is 8. The molecule has 3 N–H and O–H groups in total. The Bertz CT molecular complexity index is 1860. The number of carbonyl (C=O) groups is 1. The molecule has 0 spiro atoms. The number of piperidine rings is 1. The number of hydrogen-bond acceptors (Lipinski definition) is 10. The van der Waals surface area contributed by atoms with Crippen LogP contribution in [0.1, 0.15) is 47.9 Å². The normalized spacial score (nSPS) is 20.5. The molecule has 2 saturated heterocycles. The van der Waals surface area contributed by atoms with Crippen molar-refractivity contribution in [2.75, 3.05) is 12.0 Å². The van der Waals surface area contributed by atoms with Gasteiger partial charge in [-0.2, -0.15) is 14.7 Å². The highest BCUT2D eigenvalue weighted by Gasteiger charge is 2.46. The van der Waals surface area contributed by atoms with Gasteiger partial charge in [-0.1, -0.05) is 30.3 Å². The monoisotopic (exact) mass is 570 g/mol. The molecule has 4 aromatic heterocycles. The maximum Gasteiger partial charge on any atom is 0.291 e.